The van der Waals surface area contributed by atoms with Crippen molar-refractivity contribution in [1.82, 2.24) is 30.8 Å². The molecular formula is C15H20N8. The van der Waals surface area contributed by atoms with Gasteiger partial charge in [-0.1, -0.05) is 0 Å². The summed E-state index contributed by atoms with van der Waals surface area (Å²) >= 11 is 0. The van der Waals surface area contributed by atoms with E-state index in [0.29, 0.717) is 6.54 Å². The van der Waals surface area contributed by atoms with Crippen molar-refractivity contribution in [3.05, 3.63) is 28.5 Å². The maximum absolute atomic E-state index is 4.79. The molecule has 0 fully saturated rings. The molecular weight excluding hydrogens is 292 g/mol. The molecule has 0 saturated heterocycles. The van der Waals surface area contributed by atoms with Crippen molar-refractivity contribution in [3.63, 3.8) is 0 Å². The van der Waals surface area contributed by atoms with Crippen LogP contribution < -0.4 is 21.1 Å². The fourth-order valence-corrected chi connectivity index (χ4v) is 3.18. The van der Waals surface area contributed by atoms with Gasteiger partial charge in [0.2, 0.25) is 5.95 Å². The third-order valence-corrected chi connectivity index (χ3v) is 4.24. The molecule has 2 aromatic heterocycles. The molecule has 0 atom stereocenters. The van der Waals surface area contributed by atoms with Gasteiger partial charge in [-0.15, -0.1) is 0 Å². The topological polar surface area (TPSA) is 90.9 Å². The fourth-order valence-electron chi connectivity index (χ4n) is 3.18. The van der Waals surface area contributed by atoms with Crippen molar-refractivity contribution < 1.29 is 0 Å². The summed E-state index contributed by atoms with van der Waals surface area (Å²) < 4.78 is 0. The van der Waals surface area contributed by atoms with Gasteiger partial charge in [-0.25, -0.2) is 19.9 Å². The van der Waals surface area contributed by atoms with E-state index < -0.39 is 0 Å². The monoisotopic (exact) mass is 312 g/mol. The Morgan fingerprint density at radius 1 is 0.913 bits per heavy atom. The van der Waals surface area contributed by atoms with Crippen LogP contribution in [-0.4, -0.2) is 33.0 Å². The molecule has 0 spiro atoms. The Morgan fingerprint density at radius 2 is 1.74 bits per heavy atom. The summed E-state index contributed by atoms with van der Waals surface area (Å²) in [6.07, 6.45) is 0. The lowest BCUT2D eigenvalue weighted by Gasteiger charge is -2.31. The van der Waals surface area contributed by atoms with Crippen LogP contribution in [0, 0.1) is 20.8 Å². The van der Waals surface area contributed by atoms with Crippen molar-refractivity contribution in [3.8, 4) is 0 Å². The quantitative estimate of drug-likeness (QED) is 0.714. The number of aryl methyl sites for hydroxylation is 3. The summed E-state index contributed by atoms with van der Waals surface area (Å²) in [5.74, 6) is 2.36. The Labute approximate surface area is 134 Å². The molecule has 0 radical (unpaired) electrons. The van der Waals surface area contributed by atoms with Crippen LogP contribution in [-0.2, 0) is 13.1 Å². The number of hydrogen-bond acceptors (Lipinski definition) is 8. The minimum absolute atomic E-state index is 0.702. The molecule has 0 saturated carbocycles. The highest BCUT2D eigenvalue weighted by Crippen LogP contribution is 2.34. The Bertz CT molecular complexity index is 773. The van der Waals surface area contributed by atoms with Gasteiger partial charge in [0.05, 0.1) is 17.9 Å². The zero-order valence-electron chi connectivity index (χ0n) is 13.6. The highest BCUT2D eigenvalue weighted by Gasteiger charge is 2.26. The van der Waals surface area contributed by atoms with Crippen LogP contribution in [0.3, 0.4) is 0 Å². The van der Waals surface area contributed by atoms with Crippen LogP contribution in [0.2, 0.25) is 0 Å². The second-order valence-electron chi connectivity index (χ2n) is 5.87. The van der Waals surface area contributed by atoms with Crippen molar-refractivity contribution in [2.45, 2.75) is 33.9 Å². The lowest BCUT2D eigenvalue weighted by atomic mass is 10.1. The minimum atomic E-state index is 0.702. The van der Waals surface area contributed by atoms with E-state index in [1.165, 1.54) is 5.56 Å². The lowest BCUT2D eigenvalue weighted by molar-refractivity contribution is 0.483. The van der Waals surface area contributed by atoms with Crippen molar-refractivity contribution in [2.24, 2.45) is 0 Å². The number of aromatic nitrogens is 4. The molecule has 0 bridgehead atoms. The molecule has 8 heteroatoms. The molecule has 120 valence electrons. The second kappa shape index (κ2) is 5.39. The Hall–Kier alpha value is -2.32. The van der Waals surface area contributed by atoms with Gasteiger partial charge in [-0.2, -0.15) is 0 Å². The third-order valence-electron chi connectivity index (χ3n) is 4.24. The van der Waals surface area contributed by atoms with Crippen LogP contribution in [0.25, 0.3) is 0 Å². The smallest absolute Gasteiger partial charge is 0.230 e. The molecule has 8 nitrogen and oxygen atoms in total. The molecule has 0 amide bonds. The van der Waals surface area contributed by atoms with Crippen molar-refractivity contribution in [1.29, 1.82) is 0 Å². The van der Waals surface area contributed by atoms with Gasteiger partial charge in [0.25, 0.3) is 0 Å². The lowest BCUT2D eigenvalue weighted by Crippen LogP contribution is -2.38. The summed E-state index contributed by atoms with van der Waals surface area (Å²) in [5, 5.41) is 3.35. The molecule has 0 unspecified atom stereocenters. The van der Waals surface area contributed by atoms with Gasteiger partial charge < -0.3 is 10.2 Å². The second-order valence-corrected chi connectivity index (χ2v) is 5.87. The number of hydrazine groups is 1. The van der Waals surface area contributed by atoms with E-state index in [-0.39, 0.29) is 0 Å². The van der Waals surface area contributed by atoms with Crippen LogP contribution in [0.15, 0.2) is 0 Å². The molecule has 4 heterocycles. The third kappa shape index (κ3) is 2.40. The number of nitrogens with one attached hydrogen (secondary N) is 3. The first-order valence-corrected chi connectivity index (χ1v) is 7.82. The van der Waals surface area contributed by atoms with Crippen LogP contribution in [0.5, 0.6) is 0 Å². The largest absolute Gasteiger partial charge is 0.366 e. The molecule has 2 aliphatic heterocycles. The normalized spacial score (nSPS) is 16.6. The highest BCUT2D eigenvalue weighted by molar-refractivity contribution is 5.75. The van der Waals surface area contributed by atoms with E-state index in [4.69, 9.17) is 9.97 Å². The maximum Gasteiger partial charge on any atom is 0.230 e. The Balaban J connectivity index is 1.83. The van der Waals surface area contributed by atoms with E-state index in [9.17, 15) is 0 Å². The zero-order valence-corrected chi connectivity index (χ0v) is 13.6. The first kappa shape index (κ1) is 14.3. The molecule has 2 aliphatic rings. The van der Waals surface area contributed by atoms with Crippen LogP contribution >= 0.6 is 0 Å². The molecule has 4 rings (SSSR count). The average molecular weight is 312 g/mol. The van der Waals surface area contributed by atoms with Gasteiger partial charge in [0.15, 0.2) is 5.82 Å². The number of hydrogen-bond donors (Lipinski definition) is 3. The highest BCUT2D eigenvalue weighted by atomic mass is 15.4. The summed E-state index contributed by atoms with van der Waals surface area (Å²) in [4.78, 5) is 20.7. The summed E-state index contributed by atoms with van der Waals surface area (Å²) in [6, 6.07) is 0. The van der Waals surface area contributed by atoms with Gasteiger partial charge in [-0.05, 0) is 20.8 Å². The molecule has 0 aliphatic carbocycles. The van der Waals surface area contributed by atoms with E-state index in [2.05, 4.69) is 31.0 Å². The predicted molar refractivity (Wildman–Crippen MR) is 87.5 cm³/mol. The summed E-state index contributed by atoms with van der Waals surface area (Å²) in [6.45, 7) is 9.01. The first-order valence-electron chi connectivity index (χ1n) is 7.82. The number of nitrogens with zero attached hydrogens (tertiary/aromatic N) is 5. The molecule has 3 N–H and O–H groups in total. The molecule has 2 aromatic rings. The van der Waals surface area contributed by atoms with Crippen LogP contribution in [0.4, 0.5) is 17.5 Å². The standard InChI is InChI=1S/C15H20N8/c1-8-11-6-17-18-7-12(11)22-15(20-8)23-5-4-16-14-13(23)9(2)19-10(3)21-14/h17-18H,4-7H2,1-3H3,(H,16,19,21). The van der Waals surface area contributed by atoms with Gasteiger partial charge in [0.1, 0.15) is 11.5 Å². The van der Waals surface area contributed by atoms with Gasteiger partial charge >= 0.3 is 0 Å². The maximum atomic E-state index is 4.79. The van der Waals surface area contributed by atoms with Gasteiger partial charge in [0, 0.05) is 30.9 Å². The molecule has 0 aromatic carbocycles. The number of fused-ring (bicyclic) bond motifs is 2. The van der Waals surface area contributed by atoms with Crippen LogP contribution in [0.1, 0.15) is 28.5 Å². The average Bonchev–Trinajstić information content (AvgIpc) is 2.54. The van der Waals surface area contributed by atoms with Crippen molar-refractivity contribution >= 4 is 17.5 Å². The summed E-state index contributed by atoms with van der Waals surface area (Å²) in [7, 11) is 0. The molecule has 23 heavy (non-hydrogen) atoms. The SMILES string of the molecule is Cc1nc(C)c2c(n1)NCCN2c1nc(C)c2c(n1)CNNC2. The summed E-state index contributed by atoms with van der Waals surface area (Å²) in [5.41, 5.74) is 11.4. The van der Waals surface area contributed by atoms with Gasteiger partial charge in [-0.3, -0.25) is 10.9 Å². The van der Waals surface area contributed by atoms with E-state index >= 15 is 0 Å². The fraction of sp³-hybridized carbons (Fsp3) is 0.467. The predicted octanol–water partition coefficient (Wildman–Crippen LogP) is 0.863. The van der Waals surface area contributed by atoms with Crippen molar-refractivity contribution in [2.75, 3.05) is 23.3 Å². The Kier molecular flexibility index (Phi) is 3.35. The van der Waals surface area contributed by atoms with E-state index in [0.717, 1.165) is 60.0 Å². The zero-order chi connectivity index (χ0) is 16.0. The Morgan fingerprint density at radius 3 is 2.61 bits per heavy atom. The first-order chi connectivity index (χ1) is 11.1. The number of anilines is 3. The minimum Gasteiger partial charge on any atom is -0.366 e. The number of rotatable bonds is 1. The van der Waals surface area contributed by atoms with E-state index in [1.807, 2.05) is 20.8 Å². The van der Waals surface area contributed by atoms with E-state index in [1.54, 1.807) is 0 Å².